The minimum absolute atomic E-state index is 0.0744. The number of para-hydroxylation sites is 1. The van der Waals surface area contributed by atoms with Crippen LogP contribution in [0.4, 0.5) is 15.3 Å². The SMILES string of the molecule is Cc1cccc(-c2cn(CC(=O)C(C)(C)CN3CCC(N4CCc5ccccc5NC4=O)CC3)c(=O)n(CCNC(=O)O)c2=O)c1C. The average molecular weight is 645 g/mol. The highest BCUT2D eigenvalue weighted by Gasteiger charge is 2.35. The molecule has 2 aliphatic heterocycles. The normalized spacial score (nSPS) is 15.9. The third-order valence-corrected chi connectivity index (χ3v) is 9.57. The first kappa shape index (κ1) is 33.6. The number of hydrogen-bond donors (Lipinski definition) is 3. The number of nitrogens with one attached hydrogen (secondary N) is 2. The van der Waals surface area contributed by atoms with Gasteiger partial charge in [-0.25, -0.2) is 14.4 Å². The largest absolute Gasteiger partial charge is 0.465 e. The van der Waals surface area contributed by atoms with Crippen molar-refractivity contribution in [3.63, 3.8) is 0 Å². The average Bonchev–Trinajstić information content (AvgIpc) is 3.20. The van der Waals surface area contributed by atoms with E-state index in [1.165, 1.54) is 10.8 Å². The monoisotopic (exact) mass is 644 g/mol. The lowest BCUT2D eigenvalue weighted by Crippen LogP contribution is -2.51. The van der Waals surface area contributed by atoms with Gasteiger partial charge in [0.2, 0.25) is 0 Å². The number of aromatic nitrogens is 2. The quantitative estimate of drug-likeness (QED) is 0.305. The minimum Gasteiger partial charge on any atom is -0.465 e. The third kappa shape index (κ3) is 7.48. The molecule has 3 heterocycles. The first-order valence-electron chi connectivity index (χ1n) is 16.1. The van der Waals surface area contributed by atoms with Crippen LogP contribution in [0.5, 0.6) is 0 Å². The summed E-state index contributed by atoms with van der Waals surface area (Å²) in [5.41, 5.74) is 2.76. The summed E-state index contributed by atoms with van der Waals surface area (Å²) in [6.45, 7) is 9.62. The first-order chi connectivity index (χ1) is 22.4. The number of carbonyl (C=O) groups is 3. The van der Waals surface area contributed by atoms with Crippen LogP contribution in [0.3, 0.4) is 0 Å². The second-order valence-corrected chi connectivity index (χ2v) is 13.2. The number of carbonyl (C=O) groups excluding carboxylic acids is 2. The van der Waals surface area contributed by atoms with Gasteiger partial charge in [0, 0.05) is 62.6 Å². The molecule has 3 aromatic rings. The van der Waals surface area contributed by atoms with Crippen molar-refractivity contribution in [2.75, 3.05) is 38.0 Å². The zero-order valence-corrected chi connectivity index (χ0v) is 27.5. The van der Waals surface area contributed by atoms with Crippen molar-refractivity contribution >= 4 is 23.6 Å². The Morgan fingerprint density at radius 2 is 1.70 bits per heavy atom. The summed E-state index contributed by atoms with van der Waals surface area (Å²) >= 11 is 0. The molecular formula is C35H44N6O6. The van der Waals surface area contributed by atoms with Gasteiger partial charge in [-0.2, -0.15) is 0 Å². The smallest absolute Gasteiger partial charge is 0.404 e. The topological polar surface area (TPSA) is 146 Å². The van der Waals surface area contributed by atoms with Crippen LogP contribution in [-0.4, -0.2) is 80.7 Å². The van der Waals surface area contributed by atoms with Crippen molar-refractivity contribution in [1.82, 2.24) is 24.3 Å². The number of benzene rings is 2. The number of Topliss-reactive ketones (excluding diaryl/α,β-unsaturated/α-hetero) is 1. The van der Waals surface area contributed by atoms with Gasteiger partial charge >= 0.3 is 17.8 Å². The van der Waals surface area contributed by atoms with Gasteiger partial charge in [-0.1, -0.05) is 50.2 Å². The third-order valence-electron chi connectivity index (χ3n) is 9.57. The van der Waals surface area contributed by atoms with Crippen molar-refractivity contribution in [3.05, 3.63) is 86.2 Å². The number of urea groups is 1. The van der Waals surface area contributed by atoms with Crippen molar-refractivity contribution in [2.24, 2.45) is 5.41 Å². The zero-order valence-electron chi connectivity index (χ0n) is 27.5. The molecule has 1 fully saturated rings. The molecule has 2 aliphatic rings. The van der Waals surface area contributed by atoms with E-state index in [0.717, 1.165) is 59.3 Å². The number of nitrogens with zero attached hydrogens (tertiary/aromatic N) is 4. The van der Waals surface area contributed by atoms with Crippen LogP contribution in [0.2, 0.25) is 0 Å². The maximum Gasteiger partial charge on any atom is 0.404 e. The van der Waals surface area contributed by atoms with Crippen LogP contribution >= 0.6 is 0 Å². The summed E-state index contributed by atoms with van der Waals surface area (Å²) < 4.78 is 2.27. The standard InChI is InChI=1S/C35H44N6O6/c1-23-8-7-10-27(24(23)2)28-20-39(34(47)41(31(28)43)19-15-36-33(45)46)21-30(42)35(3,4)22-38-16-13-26(14-17-38)40-18-12-25-9-5-6-11-29(25)37-32(40)44/h5-11,20,26,36H,12-19,21-22H2,1-4H3,(H,37,44)(H,45,46). The number of carboxylic acid groups (broad SMARTS) is 1. The summed E-state index contributed by atoms with van der Waals surface area (Å²) in [7, 11) is 0. The van der Waals surface area contributed by atoms with Gasteiger partial charge in [0.15, 0.2) is 5.78 Å². The molecule has 12 nitrogen and oxygen atoms in total. The highest BCUT2D eigenvalue weighted by molar-refractivity contribution is 5.91. The fraction of sp³-hybridized carbons (Fsp3) is 0.457. The minimum atomic E-state index is -1.26. The lowest BCUT2D eigenvalue weighted by Gasteiger charge is -2.40. The number of fused-ring (bicyclic) bond motifs is 1. The van der Waals surface area contributed by atoms with E-state index < -0.39 is 22.8 Å². The first-order valence-corrected chi connectivity index (χ1v) is 16.1. The van der Waals surface area contributed by atoms with Crippen LogP contribution in [0, 0.1) is 19.3 Å². The predicted octanol–water partition coefficient (Wildman–Crippen LogP) is 3.71. The number of amides is 3. The molecule has 12 heteroatoms. The molecule has 0 radical (unpaired) electrons. The van der Waals surface area contributed by atoms with Crippen LogP contribution in [0.15, 0.2) is 58.3 Å². The van der Waals surface area contributed by atoms with Crippen LogP contribution in [0.1, 0.15) is 43.4 Å². The number of likely N-dealkylation sites (tertiary alicyclic amines) is 1. The molecule has 0 atom stereocenters. The molecule has 1 aromatic heterocycles. The Morgan fingerprint density at radius 3 is 2.43 bits per heavy atom. The van der Waals surface area contributed by atoms with Gasteiger partial charge in [-0.15, -0.1) is 0 Å². The number of anilines is 1. The molecule has 1 saturated heterocycles. The van der Waals surface area contributed by atoms with E-state index in [4.69, 9.17) is 5.11 Å². The Bertz CT molecular complexity index is 1790. The van der Waals surface area contributed by atoms with Gasteiger partial charge in [-0.05, 0) is 61.4 Å². The lowest BCUT2D eigenvalue weighted by molar-refractivity contribution is -0.129. The van der Waals surface area contributed by atoms with E-state index in [1.807, 2.05) is 69.0 Å². The Hall–Kier alpha value is -4.71. The van der Waals surface area contributed by atoms with Crippen molar-refractivity contribution < 1.29 is 19.5 Å². The maximum atomic E-state index is 13.8. The predicted molar refractivity (Wildman–Crippen MR) is 180 cm³/mol. The molecule has 3 amide bonds. The van der Waals surface area contributed by atoms with E-state index in [1.54, 1.807) is 6.07 Å². The Balaban J connectivity index is 1.29. The highest BCUT2D eigenvalue weighted by Crippen LogP contribution is 2.27. The summed E-state index contributed by atoms with van der Waals surface area (Å²) in [5.74, 6) is -0.160. The number of aryl methyl sites for hydroxylation is 1. The summed E-state index contributed by atoms with van der Waals surface area (Å²) in [6.07, 6.45) is 2.58. The number of hydrogen-bond acceptors (Lipinski definition) is 6. The molecule has 0 spiro atoms. The fourth-order valence-electron chi connectivity index (χ4n) is 6.61. The number of ketones is 1. The van der Waals surface area contributed by atoms with Gasteiger partial charge in [-0.3, -0.25) is 18.7 Å². The van der Waals surface area contributed by atoms with E-state index in [2.05, 4.69) is 15.5 Å². The van der Waals surface area contributed by atoms with Crippen molar-refractivity contribution in [1.29, 1.82) is 0 Å². The molecular weight excluding hydrogens is 600 g/mol. The van der Waals surface area contributed by atoms with E-state index in [-0.39, 0.29) is 43.1 Å². The maximum absolute atomic E-state index is 13.8. The van der Waals surface area contributed by atoms with Crippen molar-refractivity contribution in [2.45, 2.75) is 66.1 Å². The van der Waals surface area contributed by atoms with Crippen LogP contribution in [0.25, 0.3) is 11.1 Å². The Morgan fingerprint density at radius 1 is 0.979 bits per heavy atom. The van der Waals surface area contributed by atoms with Crippen LogP contribution < -0.4 is 21.9 Å². The van der Waals surface area contributed by atoms with E-state index in [0.29, 0.717) is 18.7 Å². The zero-order chi connectivity index (χ0) is 33.9. The van der Waals surface area contributed by atoms with Gasteiger partial charge in [0.25, 0.3) is 5.56 Å². The van der Waals surface area contributed by atoms with Gasteiger partial charge in [0.05, 0.1) is 12.1 Å². The molecule has 3 N–H and O–H groups in total. The second kappa shape index (κ2) is 14.0. The summed E-state index contributed by atoms with van der Waals surface area (Å²) in [6, 6.07) is 13.5. The molecule has 0 aliphatic carbocycles. The number of piperidine rings is 1. The summed E-state index contributed by atoms with van der Waals surface area (Å²) in [4.78, 5) is 69.1. The molecule has 0 bridgehead atoms. The summed E-state index contributed by atoms with van der Waals surface area (Å²) in [5, 5.41) is 14.3. The molecule has 0 unspecified atom stereocenters. The molecule has 0 saturated carbocycles. The van der Waals surface area contributed by atoms with Crippen molar-refractivity contribution in [3.8, 4) is 11.1 Å². The number of rotatable bonds is 10. The van der Waals surface area contributed by atoms with E-state index in [9.17, 15) is 24.0 Å². The fourth-order valence-corrected chi connectivity index (χ4v) is 6.61. The Kier molecular flexibility index (Phi) is 9.99. The van der Waals surface area contributed by atoms with Crippen LogP contribution in [-0.2, 0) is 24.3 Å². The molecule has 250 valence electrons. The van der Waals surface area contributed by atoms with Gasteiger partial charge in [0.1, 0.15) is 0 Å². The van der Waals surface area contributed by atoms with E-state index >= 15 is 0 Å². The molecule has 5 rings (SSSR count). The lowest BCUT2D eigenvalue weighted by atomic mass is 9.86. The van der Waals surface area contributed by atoms with Gasteiger partial charge < -0.3 is 25.5 Å². The second-order valence-electron chi connectivity index (χ2n) is 13.2. The Labute approximate surface area is 274 Å². The molecule has 47 heavy (non-hydrogen) atoms. The highest BCUT2D eigenvalue weighted by atomic mass is 16.4. The molecule has 2 aromatic carbocycles.